The Kier molecular flexibility index (Phi) is 9.64. The number of hydrogen-bond donors (Lipinski definition) is 6. The number of anilines is 3. The second-order valence-electron chi connectivity index (χ2n) is 9.58. The molecule has 5 rings (SSSR count). The van der Waals surface area contributed by atoms with E-state index >= 15 is 0 Å². The van der Waals surface area contributed by atoms with Gasteiger partial charge in [-0.25, -0.2) is 25.4 Å². The van der Waals surface area contributed by atoms with Crippen molar-refractivity contribution in [3.8, 4) is 0 Å². The van der Waals surface area contributed by atoms with Gasteiger partial charge in [-0.3, -0.25) is 24.2 Å². The van der Waals surface area contributed by atoms with Gasteiger partial charge in [-0.05, 0) is 18.9 Å². The lowest BCUT2D eigenvalue weighted by atomic mass is 10.2. The van der Waals surface area contributed by atoms with E-state index in [1.807, 2.05) is 0 Å². The SMILES string of the molecule is Nc1c(N(N)C2CCC(COP(S)O[C@H]3CC(n4cnc5c(N)ncnc54)OC3COP(=O)(O)O)O2)cccc1[N+](=O)[O-]. The summed E-state index contributed by atoms with van der Waals surface area (Å²) in [6, 6.07) is 4.34. The molecular weight excluding hydrogens is 632 g/mol. The van der Waals surface area contributed by atoms with Crippen LogP contribution in [0.5, 0.6) is 0 Å². The Morgan fingerprint density at radius 3 is 2.77 bits per heavy atom. The number of ether oxygens (including phenoxy) is 2. The number of thiol groups is 1. The molecule has 22 heteroatoms. The smallest absolute Gasteiger partial charge is 0.391 e. The lowest BCUT2D eigenvalue weighted by Crippen LogP contribution is -2.42. The summed E-state index contributed by atoms with van der Waals surface area (Å²) in [7, 11) is -6.59. The standard InChI is InChI=1S/C21H29N9O10P2S/c22-18-12(2-1-3-13(18)30(31)32)29(24)16-5-4-11(38-16)7-36-41(43)40-14-6-17(39-15(14)8-37-42(33,34)35)28-10-27-19-20(23)25-9-26-21(19)28/h1-3,9-11,14-17,43H,4-8,22,24H2,(H2,23,25,26)(H2,33,34,35)/t11?,14-,15?,16?,17?,41?/m0/s1. The molecule has 1 aromatic carbocycles. The topological polar surface area (TPSA) is 272 Å². The van der Waals surface area contributed by atoms with Gasteiger partial charge >= 0.3 is 7.82 Å². The van der Waals surface area contributed by atoms with Crippen molar-refractivity contribution in [1.29, 1.82) is 0 Å². The van der Waals surface area contributed by atoms with Crippen LogP contribution in [-0.2, 0) is 27.6 Å². The first-order chi connectivity index (χ1) is 20.4. The molecule has 2 aromatic heterocycles. The molecule has 2 aliphatic heterocycles. The number of benzene rings is 1. The van der Waals surface area contributed by atoms with E-state index in [0.29, 0.717) is 24.0 Å². The van der Waals surface area contributed by atoms with Crippen LogP contribution in [0.2, 0.25) is 0 Å². The average molecular weight is 662 g/mol. The highest BCUT2D eigenvalue weighted by molar-refractivity contribution is 8.41. The maximum absolute atomic E-state index is 11.3. The van der Waals surface area contributed by atoms with E-state index in [0.717, 1.165) is 0 Å². The third-order valence-corrected chi connectivity index (χ3v) is 8.75. The lowest BCUT2D eigenvalue weighted by Gasteiger charge is -2.27. The molecule has 0 saturated carbocycles. The van der Waals surface area contributed by atoms with E-state index in [-0.39, 0.29) is 42.0 Å². The number of hydrazine groups is 1. The highest BCUT2D eigenvalue weighted by Crippen LogP contribution is 2.49. The predicted molar refractivity (Wildman–Crippen MR) is 155 cm³/mol. The number of nitro benzene ring substituents is 1. The summed E-state index contributed by atoms with van der Waals surface area (Å²) < 4.78 is 41.4. The van der Waals surface area contributed by atoms with Crippen molar-refractivity contribution >= 4 is 61.7 Å². The van der Waals surface area contributed by atoms with E-state index in [4.69, 9.17) is 35.8 Å². The van der Waals surface area contributed by atoms with Crippen molar-refractivity contribution in [2.45, 2.75) is 50.0 Å². The molecule has 0 spiro atoms. The molecular formula is C21H29N9O10P2S. The molecule has 2 saturated heterocycles. The first-order valence-electron chi connectivity index (χ1n) is 12.7. The van der Waals surface area contributed by atoms with Crippen molar-refractivity contribution < 1.29 is 42.3 Å². The number of aromatic nitrogens is 4. The van der Waals surface area contributed by atoms with Gasteiger partial charge in [-0.2, -0.15) is 0 Å². The van der Waals surface area contributed by atoms with E-state index in [1.54, 1.807) is 10.6 Å². The van der Waals surface area contributed by atoms with Crippen LogP contribution in [0.4, 0.5) is 22.9 Å². The lowest BCUT2D eigenvalue weighted by molar-refractivity contribution is -0.383. The van der Waals surface area contributed by atoms with Crippen LogP contribution in [0.25, 0.3) is 11.2 Å². The third kappa shape index (κ3) is 7.33. The number of para-hydroxylation sites is 1. The van der Waals surface area contributed by atoms with Gasteiger partial charge in [0.1, 0.15) is 36.1 Å². The number of nitrogens with two attached hydrogens (primary N) is 3. The van der Waals surface area contributed by atoms with Crippen molar-refractivity contribution in [3.63, 3.8) is 0 Å². The number of rotatable bonds is 12. The molecule has 2 aliphatic rings. The minimum absolute atomic E-state index is 0.0699. The minimum atomic E-state index is -4.79. The Morgan fingerprint density at radius 1 is 1.23 bits per heavy atom. The zero-order chi connectivity index (χ0) is 30.9. The van der Waals surface area contributed by atoms with Crippen molar-refractivity contribution in [3.05, 3.63) is 41.0 Å². The average Bonchev–Trinajstić information content (AvgIpc) is 3.69. The first-order valence-corrected chi connectivity index (χ1v) is 16.6. The Hall–Kier alpha value is -2.74. The maximum Gasteiger partial charge on any atom is 0.469 e. The number of nitro groups is 1. The molecule has 43 heavy (non-hydrogen) atoms. The minimum Gasteiger partial charge on any atom is -0.391 e. The zero-order valence-electron chi connectivity index (χ0n) is 22.2. The predicted octanol–water partition coefficient (Wildman–Crippen LogP) is 1.74. The fourth-order valence-corrected chi connectivity index (χ4v) is 6.48. The van der Waals surface area contributed by atoms with Gasteiger partial charge in [0.2, 0.25) is 7.58 Å². The van der Waals surface area contributed by atoms with Crippen LogP contribution in [0, 0.1) is 10.1 Å². The fourth-order valence-electron chi connectivity index (χ4n) is 4.77. The number of phosphoric acid groups is 1. The van der Waals surface area contributed by atoms with Gasteiger partial charge in [-0.15, -0.1) is 0 Å². The van der Waals surface area contributed by atoms with E-state index in [2.05, 4.69) is 31.7 Å². The largest absolute Gasteiger partial charge is 0.469 e. The summed E-state index contributed by atoms with van der Waals surface area (Å²) in [4.78, 5) is 41.4. The highest BCUT2D eigenvalue weighted by atomic mass is 32.7. The van der Waals surface area contributed by atoms with Crippen molar-refractivity contribution in [2.75, 3.05) is 29.7 Å². The number of hydrogen-bond acceptors (Lipinski definition) is 16. The molecule has 0 amide bonds. The maximum atomic E-state index is 11.3. The summed E-state index contributed by atoms with van der Waals surface area (Å²) in [5.41, 5.74) is 12.5. The van der Waals surface area contributed by atoms with Crippen LogP contribution in [0.15, 0.2) is 30.9 Å². The molecule has 19 nitrogen and oxygen atoms in total. The second-order valence-corrected chi connectivity index (χ2v) is 12.7. The number of phosphoric ester groups is 1. The summed E-state index contributed by atoms with van der Waals surface area (Å²) in [6.07, 6.45) is 0.752. The van der Waals surface area contributed by atoms with Gasteiger partial charge in [0.25, 0.3) is 5.69 Å². The molecule has 0 bridgehead atoms. The van der Waals surface area contributed by atoms with Crippen LogP contribution in [0.3, 0.4) is 0 Å². The molecule has 8 N–H and O–H groups in total. The Labute approximate surface area is 250 Å². The molecule has 6 atom stereocenters. The molecule has 2 fully saturated rings. The van der Waals surface area contributed by atoms with Gasteiger partial charge in [-0.1, -0.05) is 18.3 Å². The van der Waals surface area contributed by atoms with Gasteiger partial charge in [0, 0.05) is 12.5 Å². The quantitative estimate of drug-likeness (QED) is 0.0403. The summed E-state index contributed by atoms with van der Waals surface area (Å²) in [6.45, 7) is -0.375. The van der Waals surface area contributed by atoms with Gasteiger partial charge in [0.05, 0.1) is 42.4 Å². The molecule has 234 valence electrons. The summed E-state index contributed by atoms with van der Waals surface area (Å²) >= 11 is 4.43. The molecule has 3 aromatic rings. The molecule has 4 heterocycles. The Morgan fingerprint density at radius 2 is 2.02 bits per heavy atom. The van der Waals surface area contributed by atoms with Gasteiger partial charge < -0.3 is 39.8 Å². The number of imidazole rings is 1. The normalized spacial score (nSPS) is 24.9. The van der Waals surface area contributed by atoms with E-state index in [1.165, 1.54) is 29.8 Å². The second kappa shape index (κ2) is 13.1. The van der Waals surface area contributed by atoms with Crippen LogP contribution in [0.1, 0.15) is 25.5 Å². The first kappa shape index (κ1) is 31.7. The Bertz CT molecular complexity index is 1520. The summed E-state index contributed by atoms with van der Waals surface area (Å²) in [5, 5.41) is 12.5. The zero-order valence-corrected chi connectivity index (χ0v) is 24.9. The number of nitrogen functional groups attached to an aromatic ring is 2. The molecule has 0 aliphatic carbocycles. The van der Waals surface area contributed by atoms with Crippen molar-refractivity contribution in [1.82, 2.24) is 19.5 Å². The van der Waals surface area contributed by atoms with E-state index < -0.39 is 51.6 Å². The van der Waals surface area contributed by atoms with Crippen LogP contribution in [-0.4, -0.2) is 72.0 Å². The van der Waals surface area contributed by atoms with Gasteiger partial charge in [0.15, 0.2) is 11.5 Å². The molecule has 5 unspecified atom stereocenters. The third-order valence-electron chi connectivity index (χ3n) is 6.81. The van der Waals surface area contributed by atoms with Crippen LogP contribution < -0.4 is 22.3 Å². The number of fused-ring (bicyclic) bond motifs is 1. The molecule has 0 radical (unpaired) electrons. The number of nitrogens with zero attached hydrogens (tertiary/aromatic N) is 6. The van der Waals surface area contributed by atoms with Crippen LogP contribution >= 0.6 is 27.6 Å². The summed E-state index contributed by atoms with van der Waals surface area (Å²) in [5.74, 6) is 6.38. The fraction of sp³-hybridized carbons (Fsp3) is 0.476. The monoisotopic (exact) mass is 661 g/mol. The van der Waals surface area contributed by atoms with E-state index in [9.17, 15) is 24.5 Å². The highest BCUT2D eigenvalue weighted by Gasteiger charge is 2.41. The Balaban J connectivity index is 1.18. The van der Waals surface area contributed by atoms with Crippen molar-refractivity contribution in [2.24, 2.45) is 5.84 Å².